The molecule has 0 spiro atoms. The first-order valence-corrected chi connectivity index (χ1v) is 10.5. The van der Waals surface area contributed by atoms with E-state index in [-0.39, 0.29) is 25.0 Å². The number of nitrogens with zero attached hydrogens (tertiary/aromatic N) is 3. The first kappa shape index (κ1) is 21.0. The van der Waals surface area contributed by atoms with Gasteiger partial charge in [0.25, 0.3) is 0 Å². The van der Waals surface area contributed by atoms with Crippen LogP contribution in [-0.4, -0.2) is 48.3 Å². The third-order valence-electron chi connectivity index (χ3n) is 5.74. The Morgan fingerprint density at radius 2 is 2.13 bits per heavy atom. The molecule has 1 N–H and O–H groups in total. The Morgan fingerprint density at radius 3 is 2.87 bits per heavy atom. The van der Waals surface area contributed by atoms with Crippen molar-refractivity contribution in [1.82, 2.24) is 9.97 Å². The molecule has 2 aromatic rings. The number of carbonyl (C=O) groups excluding carboxylic acids is 2. The van der Waals surface area contributed by atoms with Crippen LogP contribution >= 0.6 is 0 Å². The molecule has 1 aliphatic carbocycles. The van der Waals surface area contributed by atoms with Crippen molar-refractivity contribution in [2.75, 3.05) is 30.5 Å². The van der Waals surface area contributed by atoms with Gasteiger partial charge in [0, 0.05) is 25.3 Å². The summed E-state index contributed by atoms with van der Waals surface area (Å²) < 4.78 is 24.5. The highest BCUT2D eigenvalue weighted by molar-refractivity contribution is 5.89. The molecule has 2 fully saturated rings. The minimum atomic E-state index is -0.543. The maximum absolute atomic E-state index is 14.6. The summed E-state index contributed by atoms with van der Waals surface area (Å²) in [5, 5.41) is 3.26. The van der Waals surface area contributed by atoms with Gasteiger partial charge in [-0.1, -0.05) is 12.1 Å². The van der Waals surface area contributed by atoms with Gasteiger partial charge in [-0.25, -0.2) is 19.2 Å². The van der Waals surface area contributed by atoms with E-state index in [4.69, 9.17) is 9.47 Å². The van der Waals surface area contributed by atoms with Crippen LogP contribution in [0.5, 0.6) is 0 Å². The molecule has 8 nitrogen and oxygen atoms in total. The summed E-state index contributed by atoms with van der Waals surface area (Å²) in [6.07, 6.45) is 4.50. The van der Waals surface area contributed by atoms with E-state index in [9.17, 15) is 14.0 Å². The molecule has 166 valence electrons. The summed E-state index contributed by atoms with van der Waals surface area (Å²) in [5.41, 5.74) is 1.34. The first-order valence-electron chi connectivity index (χ1n) is 10.5. The number of aromatic nitrogens is 2. The van der Waals surface area contributed by atoms with Crippen molar-refractivity contribution in [3.63, 3.8) is 0 Å². The van der Waals surface area contributed by atoms with Crippen LogP contribution in [0, 0.1) is 11.7 Å². The number of anilines is 2. The normalized spacial score (nSPS) is 21.4. The van der Waals surface area contributed by atoms with E-state index in [0.717, 1.165) is 38.3 Å². The van der Waals surface area contributed by atoms with E-state index in [0.29, 0.717) is 30.4 Å². The monoisotopic (exact) mass is 430 g/mol. The minimum Gasteiger partial charge on any atom is -0.469 e. The predicted molar refractivity (Wildman–Crippen MR) is 114 cm³/mol. The molecule has 0 bridgehead atoms. The van der Waals surface area contributed by atoms with Crippen LogP contribution in [0.1, 0.15) is 33.5 Å². The number of carbonyl (C=O) groups is 2. The summed E-state index contributed by atoms with van der Waals surface area (Å²) in [7, 11) is 1.41. The molecule has 1 aromatic heterocycles. The molecule has 0 unspecified atom stereocenters. The molecule has 2 heterocycles. The molecule has 1 saturated carbocycles. The molecule has 1 aromatic carbocycles. The Morgan fingerprint density at radius 1 is 1.32 bits per heavy atom. The smallest absolute Gasteiger partial charge is 0.414 e. The molecule has 1 aliphatic heterocycles. The summed E-state index contributed by atoms with van der Waals surface area (Å²) in [4.78, 5) is 33.7. The van der Waals surface area contributed by atoms with E-state index in [1.54, 1.807) is 24.3 Å². The lowest BCUT2D eigenvalue weighted by atomic mass is 9.86. The summed E-state index contributed by atoms with van der Waals surface area (Å²) in [5.74, 6) is -0.452. The van der Waals surface area contributed by atoms with Gasteiger partial charge in [0.05, 0.1) is 25.8 Å². The van der Waals surface area contributed by atoms with E-state index >= 15 is 0 Å². The molecular formula is C22H27FN4O4. The third-order valence-corrected chi connectivity index (χ3v) is 5.74. The van der Waals surface area contributed by atoms with Crippen molar-refractivity contribution in [2.45, 2.75) is 38.1 Å². The van der Waals surface area contributed by atoms with Crippen molar-refractivity contribution in [3.05, 3.63) is 36.3 Å². The lowest BCUT2D eigenvalue weighted by Gasteiger charge is -2.27. The van der Waals surface area contributed by atoms with Gasteiger partial charge in [0.15, 0.2) is 5.82 Å². The van der Waals surface area contributed by atoms with Crippen LogP contribution < -0.4 is 10.2 Å². The average Bonchev–Trinajstić information content (AvgIpc) is 2.80. The SMILES string of the molecule is COC(=O)C1CCC(Nc2ncc(F)c(-c3cccc(N4CCCOC4=O)c3)n2)CC1.[HH]. The van der Waals surface area contributed by atoms with Crippen LogP contribution in [0.15, 0.2) is 30.5 Å². The number of rotatable bonds is 5. The van der Waals surface area contributed by atoms with Crippen molar-refractivity contribution < 1.29 is 24.9 Å². The standard InChI is InChI=1S/C22H25FN4O4.H2/c1-30-20(28)14-6-8-16(9-7-14)25-21-24-13-18(23)19(26-21)15-4-2-5-17(12-15)27-10-3-11-31-22(27)29;/h2,4-5,12-14,16H,3,6-11H2,1H3,(H,24,25,26);1H. The number of esters is 1. The van der Waals surface area contributed by atoms with Crippen LogP contribution in [0.2, 0.25) is 0 Å². The van der Waals surface area contributed by atoms with Crippen LogP contribution in [0.25, 0.3) is 11.3 Å². The van der Waals surface area contributed by atoms with Gasteiger partial charge < -0.3 is 14.8 Å². The maximum Gasteiger partial charge on any atom is 0.414 e. The Labute approximate surface area is 181 Å². The maximum atomic E-state index is 14.6. The number of methoxy groups -OCH3 is 1. The van der Waals surface area contributed by atoms with E-state index in [1.807, 2.05) is 0 Å². The van der Waals surface area contributed by atoms with Crippen molar-refractivity contribution in [2.24, 2.45) is 5.92 Å². The number of benzene rings is 1. The highest BCUT2D eigenvalue weighted by Crippen LogP contribution is 2.29. The lowest BCUT2D eigenvalue weighted by Crippen LogP contribution is -2.37. The number of halogens is 1. The van der Waals surface area contributed by atoms with Gasteiger partial charge >= 0.3 is 12.1 Å². The number of hydrogen-bond acceptors (Lipinski definition) is 7. The van der Waals surface area contributed by atoms with Gasteiger partial charge in [-0.15, -0.1) is 0 Å². The number of nitrogens with one attached hydrogen (secondary N) is 1. The van der Waals surface area contributed by atoms with E-state index < -0.39 is 11.9 Å². The second-order valence-electron chi connectivity index (χ2n) is 7.78. The van der Waals surface area contributed by atoms with Gasteiger partial charge in [-0.05, 0) is 44.2 Å². The second-order valence-corrected chi connectivity index (χ2v) is 7.78. The summed E-state index contributed by atoms with van der Waals surface area (Å²) in [6, 6.07) is 7.12. The van der Waals surface area contributed by atoms with Crippen molar-refractivity contribution >= 4 is 23.7 Å². The first-order chi connectivity index (χ1) is 15.0. The second kappa shape index (κ2) is 9.28. The molecule has 4 rings (SSSR count). The van der Waals surface area contributed by atoms with Crippen LogP contribution in [-0.2, 0) is 14.3 Å². The fraction of sp³-hybridized carbons (Fsp3) is 0.455. The predicted octanol–water partition coefficient (Wildman–Crippen LogP) is 4.02. The summed E-state index contributed by atoms with van der Waals surface area (Å²) in [6.45, 7) is 0.960. The fourth-order valence-electron chi connectivity index (χ4n) is 4.07. The van der Waals surface area contributed by atoms with Crippen molar-refractivity contribution in [3.8, 4) is 11.3 Å². The van der Waals surface area contributed by atoms with Gasteiger partial charge in [0.2, 0.25) is 5.95 Å². The topological polar surface area (TPSA) is 93.6 Å². The number of hydrogen-bond donors (Lipinski definition) is 1. The van der Waals surface area contributed by atoms with E-state index in [2.05, 4.69) is 15.3 Å². The third kappa shape index (κ3) is 4.76. The highest BCUT2D eigenvalue weighted by Gasteiger charge is 2.27. The quantitative estimate of drug-likeness (QED) is 0.716. The molecule has 1 amide bonds. The fourth-order valence-corrected chi connectivity index (χ4v) is 4.07. The molecule has 0 radical (unpaired) electrons. The molecule has 2 aliphatic rings. The number of ether oxygens (including phenoxy) is 2. The van der Waals surface area contributed by atoms with Gasteiger partial charge in [-0.2, -0.15) is 0 Å². The number of cyclic esters (lactones) is 1. The Kier molecular flexibility index (Phi) is 6.29. The zero-order chi connectivity index (χ0) is 21.8. The Balaban J connectivity index is 0.00000289. The van der Waals surface area contributed by atoms with Gasteiger partial charge in [0.1, 0.15) is 5.69 Å². The molecule has 1 saturated heterocycles. The summed E-state index contributed by atoms with van der Waals surface area (Å²) >= 11 is 0. The minimum absolute atomic E-state index is 0. The Bertz CT molecular complexity index is 969. The molecule has 31 heavy (non-hydrogen) atoms. The molecular weight excluding hydrogens is 403 g/mol. The largest absolute Gasteiger partial charge is 0.469 e. The van der Waals surface area contributed by atoms with Gasteiger partial charge in [-0.3, -0.25) is 9.69 Å². The molecule has 9 heteroatoms. The van der Waals surface area contributed by atoms with E-state index in [1.165, 1.54) is 12.0 Å². The number of amides is 1. The Hall–Kier alpha value is -3.23. The average molecular weight is 430 g/mol. The van der Waals surface area contributed by atoms with Crippen LogP contribution in [0.4, 0.5) is 20.8 Å². The van der Waals surface area contributed by atoms with Crippen molar-refractivity contribution in [1.29, 1.82) is 0 Å². The zero-order valence-corrected chi connectivity index (χ0v) is 17.3. The lowest BCUT2D eigenvalue weighted by molar-refractivity contribution is -0.146. The zero-order valence-electron chi connectivity index (χ0n) is 17.3. The molecule has 0 atom stereocenters. The highest BCUT2D eigenvalue weighted by atomic mass is 19.1. The van der Waals surface area contributed by atoms with Crippen LogP contribution in [0.3, 0.4) is 0 Å².